The first-order valence-electron chi connectivity index (χ1n) is 10.5. The number of rotatable bonds is 6. The van der Waals surface area contributed by atoms with E-state index in [2.05, 4.69) is 5.32 Å². The Balaban J connectivity index is 1.52. The Morgan fingerprint density at radius 1 is 1.14 bits per heavy atom. The van der Waals surface area contributed by atoms with Crippen LogP contribution in [0.25, 0.3) is 11.8 Å². The molecule has 0 aliphatic carbocycles. The Kier molecular flexibility index (Phi) is 6.52. The van der Waals surface area contributed by atoms with Crippen LogP contribution in [0.1, 0.15) is 11.3 Å². The molecule has 0 bridgehead atoms. The Morgan fingerprint density at radius 2 is 1.86 bits per heavy atom. The number of amides is 3. The standard InChI is InChI=1S/C24H22N4O6S/c1-14-21(23(32)28(26(14)2)16-7-5-4-6-8-16)25-20(30)13-27-22(31)19(35-24(27)33)12-15-9-10-17(29)18(11-15)34-3/h4-12,29H,13H2,1-3H3,(H,25,30). The first-order valence-corrected chi connectivity index (χ1v) is 11.3. The van der Waals surface area contributed by atoms with Crippen LogP contribution in [0, 0.1) is 6.92 Å². The number of ether oxygens (including phenoxy) is 1. The largest absolute Gasteiger partial charge is 0.504 e. The quantitative estimate of drug-likeness (QED) is 0.505. The van der Waals surface area contributed by atoms with E-state index < -0.39 is 29.2 Å². The first kappa shape index (κ1) is 23.9. The van der Waals surface area contributed by atoms with Gasteiger partial charge in [-0.25, -0.2) is 4.68 Å². The fraction of sp³-hybridized carbons (Fsp3) is 0.167. The van der Waals surface area contributed by atoms with Crippen molar-refractivity contribution in [3.63, 3.8) is 0 Å². The summed E-state index contributed by atoms with van der Waals surface area (Å²) >= 11 is 0.698. The molecule has 1 aliphatic rings. The molecule has 0 saturated carbocycles. The van der Waals surface area contributed by atoms with Crippen LogP contribution < -0.4 is 15.6 Å². The molecule has 1 aliphatic heterocycles. The number of hydrogen-bond acceptors (Lipinski definition) is 7. The van der Waals surface area contributed by atoms with E-state index in [4.69, 9.17) is 4.74 Å². The number of para-hydroxylation sites is 1. The second kappa shape index (κ2) is 9.55. The number of thioether (sulfide) groups is 1. The molecule has 1 saturated heterocycles. The molecule has 4 rings (SSSR count). The van der Waals surface area contributed by atoms with Gasteiger partial charge in [-0.3, -0.25) is 28.8 Å². The molecule has 3 aromatic rings. The molecule has 1 fully saturated rings. The van der Waals surface area contributed by atoms with Crippen molar-refractivity contribution in [2.24, 2.45) is 7.05 Å². The third kappa shape index (κ3) is 4.58. The van der Waals surface area contributed by atoms with Crippen molar-refractivity contribution in [1.82, 2.24) is 14.3 Å². The number of nitrogens with zero attached hydrogens (tertiary/aromatic N) is 3. The Morgan fingerprint density at radius 3 is 2.54 bits per heavy atom. The van der Waals surface area contributed by atoms with Crippen LogP contribution in [0.15, 0.2) is 58.2 Å². The summed E-state index contributed by atoms with van der Waals surface area (Å²) in [5.74, 6) is -1.15. The fourth-order valence-corrected chi connectivity index (χ4v) is 4.44. The van der Waals surface area contributed by atoms with Gasteiger partial charge in [-0.2, -0.15) is 0 Å². The van der Waals surface area contributed by atoms with Gasteiger partial charge in [0.15, 0.2) is 11.5 Å². The topological polar surface area (TPSA) is 123 Å². The van der Waals surface area contributed by atoms with Gasteiger partial charge in [0.2, 0.25) is 5.91 Å². The highest BCUT2D eigenvalue weighted by atomic mass is 32.2. The molecule has 0 radical (unpaired) electrons. The van der Waals surface area contributed by atoms with Crippen LogP contribution in [-0.2, 0) is 16.6 Å². The molecule has 180 valence electrons. The molecule has 0 unspecified atom stereocenters. The average Bonchev–Trinajstić information content (AvgIpc) is 3.22. The first-order chi connectivity index (χ1) is 16.7. The van der Waals surface area contributed by atoms with Gasteiger partial charge < -0.3 is 15.2 Å². The summed E-state index contributed by atoms with van der Waals surface area (Å²) in [6, 6.07) is 13.4. The number of anilines is 1. The summed E-state index contributed by atoms with van der Waals surface area (Å²) in [6.07, 6.45) is 1.48. The van der Waals surface area contributed by atoms with E-state index in [9.17, 15) is 24.3 Å². The van der Waals surface area contributed by atoms with Crippen molar-refractivity contribution in [2.75, 3.05) is 19.0 Å². The highest BCUT2D eigenvalue weighted by Gasteiger charge is 2.36. The molecule has 2 N–H and O–H groups in total. The number of imide groups is 1. The zero-order chi connectivity index (χ0) is 25.3. The van der Waals surface area contributed by atoms with E-state index in [-0.39, 0.29) is 22.1 Å². The molecular formula is C24H22N4O6S. The molecule has 0 spiro atoms. The molecule has 35 heavy (non-hydrogen) atoms. The summed E-state index contributed by atoms with van der Waals surface area (Å²) in [4.78, 5) is 51.9. The maximum Gasteiger partial charge on any atom is 0.295 e. The molecule has 10 nitrogen and oxygen atoms in total. The van der Waals surface area contributed by atoms with E-state index in [0.717, 1.165) is 4.90 Å². The zero-order valence-electron chi connectivity index (χ0n) is 19.1. The Hall–Kier alpha value is -4.25. The predicted molar refractivity (Wildman–Crippen MR) is 132 cm³/mol. The molecule has 2 heterocycles. The normalized spacial score (nSPS) is 14.6. The number of aromatic nitrogens is 2. The van der Waals surface area contributed by atoms with E-state index in [1.807, 2.05) is 6.07 Å². The van der Waals surface area contributed by atoms with E-state index in [1.165, 1.54) is 30.0 Å². The number of methoxy groups -OCH3 is 1. The minimum Gasteiger partial charge on any atom is -0.504 e. The maximum absolute atomic E-state index is 13.0. The van der Waals surface area contributed by atoms with Crippen LogP contribution in [0.2, 0.25) is 0 Å². The van der Waals surface area contributed by atoms with Gasteiger partial charge in [-0.1, -0.05) is 24.3 Å². The fourth-order valence-electron chi connectivity index (χ4n) is 3.61. The summed E-state index contributed by atoms with van der Waals surface area (Å²) in [7, 11) is 3.09. The van der Waals surface area contributed by atoms with Gasteiger partial charge in [-0.05, 0) is 54.6 Å². The number of hydrogen-bond donors (Lipinski definition) is 2. The van der Waals surface area contributed by atoms with Crippen molar-refractivity contribution in [1.29, 1.82) is 0 Å². The van der Waals surface area contributed by atoms with E-state index in [1.54, 1.807) is 49.0 Å². The number of aromatic hydroxyl groups is 1. The molecule has 2 aromatic carbocycles. The van der Waals surface area contributed by atoms with Gasteiger partial charge in [0, 0.05) is 7.05 Å². The average molecular weight is 495 g/mol. The van der Waals surface area contributed by atoms with Crippen molar-refractivity contribution in [3.8, 4) is 17.2 Å². The van der Waals surface area contributed by atoms with Crippen molar-refractivity contribution < 1.29 is 24.2 Å². The lowest BCUT2D eigenvalue weighted by Gasteiger charge is -2.12. The SMILES string of the molecule is COc1cc(C=C2SC(=O)N(CC(=O)Nc3c(C)n(C)n(-c4ccccc4)c3=O)C2=O)ccc1O. The smallest absolute Gasteiger partial charge is 0.295 e. The van der Waals surface area contributed by atoms with Gasteiger partial charge in [-0.15, -0.1) is 0 Å². The minimum atomic E-state index is -0.675. The molecule has 0 atom stereocenters. The number of carbonyl (C=O) groups excluding carboxylic acids is 3. The summed E-state index contributed by atoms with van der Waals surface area (Å²) in [6.45, 7) is 1.14. The second-order valence-corrected chi connectivity index (χ2v) is 8.68. The monoisotopic (exact) mass is 494 g/mol. The van der Waals surface area contributed by atoms with Crippen molar-refractivity contribution >= 4 is 40.6 Å². The Labute approximate surface area is 204 Å². The highest BCUT2D eigenvalue weighted by Crippen LogP contribution is 2.34. The summed E-state index contributed by atoms with van der Waals surface area (Å²) in [5.41, 5.74) is 1.32. The maximum atomic E-state index is 13.0. The lowest BCUT2D eigenvalue weighted by molar-refractivity contribution is -0.127. The van der Waals surface area contributed by atoms with Crippen molar-refractivity contribution in [3.05, 3.63) is 75.0 Å². The zero-order valence-corrected chi connectivity index (χ0v) is 20.0. The molecule has 11 heteroatoms. The van der Waals surface area contributed by atoms with Gasteiger partial charge in [0.1, 0.15) is 12.2 Å². The van der Waals surface area contributed by atoms with Gasteiger partial charge in [0.25, 0.3) is 16.7 Å². The van der Waals surface area contributed by atoms with E-state index >= 15 is 0 Å². The lowest BCUT2D eigenvalue weighted by Crippen LogP contribution is -2.37. The van der Waals surface area contributed by atoms with Crippen LogP contribution >= 0.6 is 11.8 Å². The molecule has 1 aromatic heterocycles. The van der Waals surface area contributed by atoms with Gasteiger partial charge >= 0.3 is 0 Å². The highest BCUT2D eigenvalue weighted by molar-refractivity contribution is 8.18. The number of nitrogens with one attached hydrogen (secondary N) is 1. The van der Waals surface area contributed by atoms with Crippen LogP contribution in [0.4, 0.5) is 10.5 Å². The second-order valence-electron chi connectivity index (χ2n) is 7.68. The minimum absolute atomic E-state index is 0.0584. The molecule has 3 amide bonds. The van der Waals surface area contributed by atoms with Crippen LogP contribution in [0.5, 0.6) is 11.5 Å². The number of phenols is 1. The third-order valence-corrected chi connectivity index (χ3v) is 6.40. The van der Waals surface area contributed by atoms with Crippen LogP contribution in [-0.4, -0.2) is 50.1 Å². The third-order valence-electron chi connectivity index (χ3n) is 5.50. The number of phenolic OH excluding ortho intramolecular Hbond substituents is 1. The number of carbonyl (C=O) groups is 3. The van der Waals surface area contributed by atoms with Crippen LogP contribution in [0.3, 0.4) is 0 Å². The summed E-state index contributed by atoms with van der Waals surface area (Å²) < 4.78 is 8.09. The van der Waals surface area contributed by atoms with E-state index in [0.29, 0.717) is 28.7 Å². The Bertz CT molecular complexity index is 1420. The summed E-state index contributed by atoms with van der Waals surface area (Å²) in [5, 5.41) is 11.7. The predicted octanol–water partition coefficient (Wildman–Crippen LogP) is 2.87. The molecular weight excluding hydrogens is 472 g/mol. The number of benzene rings is 2. The lowest BCUT2D eigenvalue weighted by atomic mass is 10.2. The van der Waals surface area contributed by atoms with Crippen molar-refractivity contribution in [2.45, 2.75) is 6.92 Å². The van der Waals surface area contributed by atoms with Gasteiger partial charge in [0.05, 0.1) is 23.4 Å².